The molecule has 148 valence electrons. The number of carbonyl (C=O) groups excluding carboxylic acids is 1. The van der Waals surface area contributed by atoms with E-state index < -0.39 is 11.6 Å². The van der Waals surface area contributed by atoms with Crippen molar-refractivity contribution in [1.29, 1.82) is 0 Å². The molecule has 1 saturated heterocycles. The van der Waals surface area contributed by atoms with Gasteiger partial charge in [-0.2, -0.15) is 0 Å². The Morgan fingerprint density at radius 3 is 2.52 bits per heavy atom. The molecule has 3 heterocycles. The molecule has 1 N–H and O–H groups in total. The van der Waals surface area contributed by atoms with E-state index in [9.17, 15) is 13.6 Å². The second-order valence-corrected chi connectivity index (χ2v) is 6.50. The number of hydrogen-bond donors (Lipinski definition) is 1. The van der Waals surface area contributed by atoms with Crippen LogP contribution in [-0.2, 0) is 0 Å². The predicted molar refractivity (Wildman–Crippen MR) is 104 cm³/mol. The van der Waals surface area contributed by atoms with Gasteiger partial charge in [-0.1, -0.05) is 6.07 Å². The summed E-state index contributed by atoms with van der Waals surface area (Å²) in [7, 11) is 0. The molecule has 0 saturated carbocycles. The lowest BCUT2D eigenvalue weighted by atomic mass is 10.2. The van der Waals surface area contributed by atoms with Gasteiger partial charge >= 0.3 is 0 Å². The molecule has 0 unspecified atom stereocenters. The second-order valence-electron chi connectivity index (χ2n) is 6.50. The first-order valence-corrected chi connectivity index (χ1v) is 9.09. The highest BCUT2D eigenvalue weighted by atomic mass is 19.1. The zero-order valence-corrected chi connectivity index (χ0v) is 15.4. The van der Waals surface area contributed by atoms with Crippen LogP contribution in [0.1, 0.15) is 10.5 Å². The summed E-state index contributed by atoms with van der Waals surface area (Å²) in [6, 6.07) is 10.4. The van der Waals surface area contributed by atoms with Crippen LogP contribution in [-0.4, -0.2) is 51.9 Å². The van der Waals surface area contributed by atoms with Crippen LogP contribution >= 0.6 is 0 Å². The van der Waals surface area contributed by atoms with Gasteiger partial charge in [-0.3, -0.25) is 4.79 Å². The minimum absolute atomic E-state index is 0.0625. The fourth-order valence-corrected chi connectivity index (χ4v) is 3.11. The Kier molecular flexibility index (Phi) is 5.28. The van der Waals surface area contributed by atoms with Gasteiger partial charge in [-0.05, 0) is 24.3 Å². The molecule has 2 aromatic heterocycles. The molecular formula is C20H18F2N6O. The first-order valence-electron chi connectivity index (χ1n) is 9.09. The number of halogens is 2. The number of hydrogen-bond acceptors (Lipinski definition) is 6. The third kappa shape index (κ3) is 4.29. The third-order valence-corrected chi connectivity index (χ3v) is 4.62. The van der Waals surface area contributed by atoms with Crippen molar-refractivity contribution in [2.45, 2.75) is 0 Å². The van der Waals surface area contributed by atoms with E-state index in [1.807, 2.05) is 18.2 Å². The number of rotatable bonds is 4. The van der Waals surface area contributed by atoms with E-state index >= 15 is 0 Å². The van der Waals surface area contributed by atoms with Gasteiger partial charge in [0.1, 0.15) is 35.3 Å². The minimum atomic E-state index is -0.748. The first kappa shape index (κ1) is 18.7. The normalized spacial score (nSPS) is 14.0. The highest BCUT2D eigenvalue weighted by Gasteiger charge is 2.24. The fourth-order valence-electron chi connectivity index (χ4n) is 3.11. The van der Waals surface area contributed by atoms with Crippen LogP contribution in [0.25, 0.3) is 0 Å². The summed E-state index contributed by atoms with van der Waals surface area (Å²) in [5.41, 5.74) is 0.267. The van der Waals surface area contributed by atoms with E-state index in [0.29, 0.717) is 26.2 Å². The number of piperazine rings is 1. The number of pyridine rings is 1. The molecule has 29 heavy (non-hydrogen) atoms. The average Bonchev–Trinajstić information content (AvgIpc) is 2.76. The molecule has 0 radical (unpaired) electrons. The summed E-state index contributed by atoms with van der Waals surface area (Å²) in [5, 5.41) is 2.75. The summed E-state index contributed by atoms with van der Waals surface area (Å²) in [6.45, 7) is 2.41. The van der Waals surface area contributed by atoms with E-state index in [2.05, 4.69) is 25.2 Å². The molecule has 4 rings (SSSR count). The van der Waals surface area contributed by atoms with Crippen LogP contribution in [0.15, 0.2) is 55.0 Å². The number of nitrogens with one attached hydrogen (secondary N) is 1. The maximum Gasteiger partial charge on any atom is 0.272 e. The maximum atomic E-state index is 13.8. The van der Waals surface area contributed by atoms with Crippen molar-refractivity contribution in [2.24, 2.45) is 0 Å². The Labute approximate surface area is 166 Å². The van der Waals surface area contributed by atoms with Crippen molar-refractivity contribution in [3.63, 3.8) is 0 Å². The Morgan fingerprint density at radius 2 is 1.79 bits per heavy atom. The number of carbonyl (C=O) groups is 1. The molecule has 0 spiro atoms. The summed E-state index contributed by atoms with van der Waals surface area (Å²) in [4.78, 5) is 29.0. The highest BCUT2D eigenvalue weighted by molar-refractivity contribution is 5.93. The van der Waals surface area contributed by atoms with Crippen LogP contribution < -0.4 is 10.2 Å². The molecule has 1 aliphatic heterocycles. The molecule has 9 heteroatoms. The molecule has 0 aliphatic carbocycles. The molecule has 3 aromatic rings. The standard InChI is InChI=1S/C20H18F2N6O/c21-14-4-5-16(15(22)11-14)26-18-12-17(24-13-25-18)20(29)28-9-7-27(8-10-28)19-3-1-2-6-23-19/h1-6,11-13H,7-10H2,(H,24,25,26). The average molecular weight is 396 g/mol. The van der Waals surface area contributed by atoms with Crippen molar-refractivity contribution in [1.82, 2.24) is 19.9 Å². The Bertz CT molecular complexity index is 1010. The van der Waals surface area contributed by atoms with Crippen LogP contribution in [0.5, 0.6) is 0 Å². The van der Waals surface area contributed by atoms with Gasteiger partial charge in [0, 0.05) is 44.5 Å². The van der Waals surface area contributed by atoms with E-state index in [-0.39, 0.29) is 23.1 Å². The van der Waals surface area contributed by atoms with Gasteiger partial charge < -0.3 is 15.1 Å². The van der Waals surface area contributed by atoms with Gasteiger partial charge in [0.25, 0.3) is 5.91 Å². The predicted octanol–water partition coefficient (Wildman–Crippen LogP) is 2.86. The van der Waals surface area contributed by atoms with Crippen molar-refractivity contribution in [3.8, 4) is 0 Å². The largest absolute Gasteiger partial charge is 0.353 e. The van der Waals surface area contributed by atoms with Gasteiger partial charge in [0.05, 0.1) is 5.69 Å². The molecule has 1 amide bonds. The zero-order valence-electron chi connectivity index (χ0n) is 15.4. The van der Waals surface area contributed by atoms with E-state index in [1.165, 1.54) is 18.5 Å². The smallest absolute Gasteiger partial charge is 0.272 e. The Morgan fingerprint density at radius 1 is 0.966 bits per heavy atom. The summed E-state index contributed by atoms with van der Waals surface area (Å²) in [5.74, 6) is -0.510. The third-order valence-electron chi connectivity index (χ3n) is 4.62. The van der Waals surface area contributed by atoms with Crippen molar-refractivity contribution in [2.75, 3.05) is 36.4 Å². The zero-order chi connectivity index (χ0) is 20.2. The van der Waals surface area contributed by atoms with E-state index in [1.54, 1.807) is 11.1 Å². The molecule has 7 nitrogen and oxygen atoms in total. The lowest BCUT2D eigenvalue weighted by Gasteiger charge is -2.35. The monoisotopic (exact) mass is 396 g/mol. The number of nitrogens with zero attached hydrogens (tertiary/aromatic N) is 5. The number of aromatic nitrogens is 3. The lowest BCUT2D eigenvalue weighted by Crippen LogP contribution is -2.49. The van der Waals surface area contributed by atoms with E-state index in [0.717, 1.165) is 18.0 Å². The first-order chi connectivity index (χ1) is 14.1. The molecule has 0 bridgehead atoms. The summed E-state index contributed by atoms with van der Waals surface area (Å²) in [6.07, 6.45) is 2.98. The van der Waals surface area contributed by atoms with Gasteiger partial charge in [0.2, 0.25) is 0 Å². The number of benzene rings is 1. The van der Waals surface area contributed by atoms with Crippen LogP contribution in [0.3, 0.4) is 0 Å². The van der Waals surface area contributed by atoms with Crippen LogP contribution in [0.2, 0.25) is 0 Å². The van der Waals surface area contributed by atoms with Crippen molar-refractivity contribution >= 4 is 23.2 Å². The van der Waals surface area contributed by atoms with Crippen LogP contribution in [0, 0.1) is 11.6 Å². The summed E-state index contributed by atoms with van der Waals surface area (Å²) < 4.78 is 26.9. The van der Waals surface area contributed by atoms with Gasteiger partial charge in [-0.15, -0.1) is 0 Å². The fraction of sp³-hybridized carbons (Fsp3) is 0.200. The molecule has 1 aromatic carbocycles. The maximum absolute atomic E-state index is 13.8. The van der Waals surface area contributed by atoms with Gasteiger partial charge in [0.15, 0.2) is 0 Å². The summed E-state index contributed by atoms with van der Waals surface area (Å²) >= 11 is 0. The second kappa shape index (κ2) is 8.17. The molecular weight excluding hydrogens is 378 g/mol. The lowest BCUT2D eigenvalue weighted by molar-refractivity contribution is 0.0740. The van der Waals surface area contributed by atoms with Crippen LogP contribution in [0.4, 0.5) is 26.1 Å². The van der Waals surface area contributed by atoms with Gasteiger partial charge in [-0.25, -0.2) is 23.7 Å². The number of anilines is 3. The number of amides is 1. The van der Waals surface area contributed by atoms with E-state index in [4.69, 9.17) is 0 Å². The Balaban J connectivity index is 1.42. The molecule has 1 aliphatic rings. The van der Waals surface area contributed by atoms with Crippen molar-refractivity contribution < 1.29 is 13.6 Å². The molecule has 1 fully saturated rings. The quantitative estimate of drug-likeness (QED) is 0.731. The SMILES string of the molecule is O=C(c1cc(Nc2ccc(F)cc2F)ncn1)N1CCN(c2ccccn2)CC1. The van der Waals surface area contributed by atoms with Crippen molar-refractivity contribution in [3.05, 3.63) is 72.3 Å². The Hall–Kier alpha value is -3.62. The topological polar surface area (TPSA) is 74.2 Å². The minimum Gasteiger partial charge on any atom is -0.353 e. The molecule has 0 atom stereocenters. The highest BCUT2D eigenvalue weighted by Crippen LogP contribution is 2.20.